The number of para-hydroxylation sites is 1. The van der Waals surface area contributed by atoms with Crippen molar-refractivity contribution in [3.63, 3.8) is 0 Å². The molecule has 66 heavy (non-hydrogen) atoms. The van der Waals surface area contributed by atoms with Gasteiger partial charge in [-0.15, -0.1) is 53.6 Å². The quantitative estimate of drug-likeness (QED) is 0.149. The molecular formula is C60H55N4OPt-3. The van der Waals surface area contributed by atoms with Gasteiger partial charge in [-0.25, -0.2) is 4.98 Å². The number of ether oxygens (including phenoxy) is 1. The van der Waals surface area contributed by atoms with E-state index >= 15 is 0 Å². The second-order valence-corrected chi connectivity index (χ2v) is 20.4. The number of benzene rings is 7. The zero-order valence-corrected chi connectivity index (χ0v) is 41.5. The fraction of sp³-hybridized carbons (Fsp3) is 0.200. The summed E-state index contributed by atoms with van der Waals surface area (Å²) in [5.41, 5.74) is 14.2. The Morgan fingerprint density at radius 1 is 0.485 bits per heavy atom. The topological polar surface area (TPSA) is 33.5 Å². The number of rotatable bonds is 7. The van der Waals surface area contributed by atoms with Gasteiger partial charge in [-0.3, -0.25) is 0 Å². The molecule has 2 aromatic heterocycles. The van der Waals surface area contributed by atoms with E-state index in [0.29, 0.717) is 11.5 Å². The van der Waals surface area contributed by atoms with Gasteiger partial charge in [0, 0.05) is 61.3 Å². The van der Waals surface area contributed by atoms with Gasteiger partial charge in [0.2, 0.25) is 0 Å². The summed E-state index contributed by atoms with van der Waals surface area (Å²) in [6.45, 7) is 22.6. The van der Waals surface area contributed by atoms with E-state index in [1.54, 1.807) is 0 Å². The molecule has 0 radical (unpaired) electrons. The summed E-state index contributed by atoms with van der Waals surface area (Å²) in [5, 5.41) is 2.22. The first-order chi connectivity index (χ1) is 31.1. The number of nitrogens with zero attached hydrogens (tertiary/aromatic N) is 4. The second kappa shape index (κ2) is 17.1. The van der Waals surface area contributed by atoms with E-state index in [1.165, 1.54) is 27.8 Å². The molecule has 0 N–H and O–H groups in total. The van der Waals surface area contributed by atoms with Crippen molar-refractivity contribution in [1.29, 1.82) is 0 Å². The summed E-state index contributed by atoms with van der Waals surface area (Å²) in [4.78, 5) is 9.50. The third-order valence-corrected chi connectivity index (χ3v) is 12.6. The van der Waals surface area contributed by atoms with Gasteiger partial charge >= 0.3 is 0 Å². The van der Waals surface area contributed by atoms with Gasteiger partial charge in [-0.1, -0.05) is 159 Å². The molecule has 0 saturated carbocycles. The molecule has 9 aromatic rings. The van der Waals surface area contributed by atoms with Crippen molar-refractivity contribution in [2.24, 2.45) is 0 Å². The van der Waals surface area contributed by atoms with Gasteiger partial charge in [0.1, 0.15) is 5.82 Å². The van der Waals surface area contributed by atoms with Crippen LogP contribution in [0.2, 0.25) is 0 Å². The Morgan fingerprint density at radius 3 is 1.80 bits per heavy atom. The van der Waals surface area contributed by atoms with E-state index in [-0.39, 0.29) is 37.3 Å². The van der Waals surface area contributed by atoms with Crippen LogP contribution in [-0.4, -0.2) is 9.55 Å². The number of fused-ring (bicyclic) bond motifs is 4. The number of aromatic nitrogens is 2. The van der Waals surface area contributed by atoms with E-state index in [9.17, 15) is 0 Å². The summed E-state index contributed by atoms with van der Waals surface area (Å²) in [7, 11) is 0. The van der Waals surface area contributed by atoms with Crippen molar-refractivity contribution in [1.82, 2.24) is 9.55 Å². The number of anilines is 4. The molecular weight excluding hydrogens is 988 g/mol. The second-order valence-electron chi connectivity index (χ2n) is 20.4. The molecule has 5 nitrogen and oxygen atoms in total. The molecule has 0 atom stereocenters. The molecule has 0 saturated heterocycles. The standard InChI is InChI=1S/C60H55N4O.Pt/c1-58(2,3)44-24-27-54-56(35-44)63(39-62(54)47-31-42(40-18-12-10-13-19-40)30-46(34-47)60(7,8)9)48-32-43(41-20-14-11-15-21-41)33-50(37-48)65-49-25-26-52-51-22-16-17-23-53(51)64(55(52)38-49)57-36-45(28-29-61-57)59(4,5)6;/h10-36,39H,1-9H3;/q-3;. The Balaban J connectivity index is 0.00000548. The van der Waals surface area contributed by atoms with Crippen molar-refractivity contribution >= 4 is 44.6 Å². The molecule has 0 aliphatic carbocycles. The number of pyridine rings is 1. The van der Waals surface area contributed by atoms with Crippen molar-refractivity contribution in [3.05, 3.63) is 199 Å². The predicted molar refractivity (Wildman–Crippen MR) is 271 cm³/mol. The van der Waals surface area contributed by atoms with E-state index in [2.05, 4.69) is 247 Å². The van der Waals surface area contributed by atoms with Gasteiger partial charge in [0.15, 0.2) is 0 Å². The first-order valence-electron chi connectivity index (χ1n) is 22.6. The average molecular weight is 1040 g/mol. The smallest absolute Gasteiger partial charge is 0.135 e. The molecule has 0 spiro atoms. The van der Waals surface area contributed by atoms with Crippen molar-refractivity contribution < 1.29 is 25.8 Å². The summed E-state index contributed by atoms with van der Waals surface area (Å²) in [6, 6.07) is 63.7. The summed E-state index contributed by atoms with van der Waals surface area (Å²) in [5.74, 6) is 2.04. The van der Waals surface area contributed by atoms with Gasteiger partial charge in [-0.2, -0.15) is 6.07 Å². The Morgan fingerprint density at radius 2 is 1.12 bits per heavy atom. The Bertz CT molecular complexity index is 3220. The SMILES string of the molecule is CC(C)(C)c1cc(-c2ccccc2)cc(N2[CH-]N(c3[c-]c(Oc4[c-]c5c(cc4)c4ccccc4n5-c4cc(C(C)(C)C)ccn4)cc(-c4ccccc4)c3)c3cc(C(C)(C)C)ccc32)c1.[Pt]. The molecule has 7 aromatic carbocycles. The Labute approximate surface area is 405 Å². The number of hydrogen-bond acceptors (Lipinski definition) is 4. The fourth-order valence-electron chi connectivity index (χ4n) is 8.81. The van der Waals surface area contributed by atoms with Gasteiger partial charge in [0.05, 0.1) is 0 Å². The monoisotopic (exact) mass is 1040 g/mol. The molecule has 0 bridgehead atoms. The van der Waals surface area contributed by atoms with Crippen LogP contribution in [0.4, 0.5) is 22.7 Å². The van der Waals surface area contributed by atoms with Crippen LogP contribution in [0.15, 0.2) is 164 Å². The molecule has 0 unspecified atom stereocenters. The van der Waals surface area contributed by atoms with Gasteiger partial charge < -0.3 is 19.1 Å². The third-order valence-electron chi connectivity index (χ3n) is 12.6. The van der Waals surface area contributed by atoms with Crippen molar-refractivity contribution in [2.45, 2.75) is 78.6 Å². The van der Waals surface area contributed by atoms with Gasteiger partial charge in [-0.05, 0) is 97.5 Å². The van der Waals surface area contributed by atoms with Crippen LogP contribution in [0.3, 0.4) is 0 Å². The zero-order valence-electron chi connectivity index (χ0n) is 39.2. The molecule has 1 aliphatic heterocycles. The zero-order chi connectivity index (χ0) is 45.3. The molecule has 334 valence electrons. The maximum atomic E-state index is 6.91. The third kappa shape index (κ3) is 8.58. The summed E-state index contributed by atoms with van der Waals surface area (Å²) >= 11 is 0. The molecule has 6 heteroatoms. The van der Waals surface area contributed by atoms with Gasteiger partial charge in [0.25, 0.3) is 0 Å². The van der Waals surface area contributed by atoms with Crippen LogP contribution >= 0.6 is 0 Å². The van der Waals surface area contributed by atoms with Crippen LogP contribution in [0.1, 0.15) is 79.0 Å². The minimum atomic E-state index is -0.0662. The van der Waals surface area contributed by atoms with E-state index < -0.39 is 0 Å². The minimum absolute atomic E-state index is 0. The molecule has 3 heterocycles. The normalized spacial score (nSPS) is 13.0. The van der Waals surface area contributed by atoms with E-state index in [1.807, 2.05) is 12.3 Å². The van der Waals surface area contributed by atoms with Crippen LogP contribution < -0.4 is 14.5 Å². The first-order valence-corrected chi connectivity index (χ1v) is 22.6. The van der Waals surface area contributed by atoms with Crippen LogP contribution in [0.25, 0.3) is 49.9 Å². The first kappa shape index (κ1) is 44.8. The van der Waals surface area contributed by atoms with Crippen LogP contribution in [0.5, 0.6) is 11.5 Å². The van der Waals surface area contributed by atoms with Crippen LogP contribution in [0, 0.1) is 18.8 Å². The summed E-state index contributed by atoms with van der Waals surface area (Å²) < 4.78 is 9.12. The average Bonchev–Trinajstić information content (AvgIpc) is 3.84. The molecule has 0 fully saturated rings. The maximum Gasteiger partial charge on any atom is 0.135 e. The predicted octanol–water partition coefficient (Wildman–Crippen LogP) is 16.2. The molecule has 1 aliphatic rings. The maximum absolute atomic E-state index is 6.91. The van der Waals surface area contributed by atoms with E-state index in [4.69, 9.17) is 9.72 Å². The molecule has 10 rings (SSSR count). The molecule has 0 amide bonds. The van der Waals surface area contributed by atoms with Crippen LogP contribution in [-0.2, 0) is 37.3 Å². The van der Waals surface area contributed by atoms with E-state index in [0.717, 1.165) is 61.5 Å². The Hall–Kier alpha value is -6.42. The summed E-state index contributed by atoms with van der Waals surface area (Å²) in [6.07, 6.45) is 1.91. The largest absolute Gasteiger partial charge is 0.509 e. The van der Waals surface area contributed by atoms with Crippen molar-refractivity contribution in [2.75, 3.05) is 9.80 Å². The minimum Gasteiger partial charge on any atom is -0.509 e. The van der Waals surface area contributed by atoms with Crippen molar-refractivity contribution in [3.8, 4) is 39.6 Å². The Kier molecular flexibility index (Phi) is 11.6. The number of hydrogen-bond donors (Lipinski definition) is 0. The fourth-order valence-corrected chi connectivity index (χ4v) is 8.81.